The quantitative estimate of drug-likeness (QED) is 0.331. The molecule has 0 rings (SSSR count). The van der Waals surface area contributed by atoms with Crippen LogP contribution < -0.4 is 0 Å². The van der Waals surface area contributed by atoms with Gasteiger partial charge in [-0.15, -0.1) is 0 Å². The van der Waals surface area contributed by atoms with E-state index < -0.39 is 29.3 Å². The summed E-state index contributed by atoms with van der Waals surface area (Å²) in [6.07, 6.45) is 2.53. The van der Waals surface area contributed by atoms with Crippen molar-refractivity contribution < 1.29 is 39.7 Å². The van der Waals surface area contributed by atoms with Crippen LogP contribution >= 0.6 is 0 Å². The minimum atomic E-state index is -4.22. The molecule has 0 fully saturated rings. The van der Waals surface area contributed by atoms with E-state index in [0.717, 1.165) is 40.7 Å². The Kier molecular flexibility index (Phi) is 15.2. The van der Waals surface area contributed by atoms with Crippen LogP contribution in [0.15, 0.2) is 0 Å². The topological polar surface area (TPSA) is 55.4 Å². The number of alkyl halides is 3. The zero-order valence-electron chi connectivity index (χ0n) is 17.2. The van der Waals surface area contributed by atoms with Crippen molar-refractivity contribution in [3.05, 3.63) is 0 Å². The molecule has 0 aromatic carbocycles. The molecule has 0 heterocycles. The van der Waals surface area contributed by atoms with E-state index in [1.807, 2.05) is 0 Å². The molecule has 1 unspecified atom stereocenters. The molecule has 0 amide bonds. The highest BCUT2D eigenvalue weighted by molar-refractivity contribution is 6.63. The maximum absolute atomic E-state index is 13.2. The van der Waals surface area contributed by atoms with Crippen molar-refractivity contribution >= 4 is 17.6 Å². The highest BCUT2D eigenvalue weighted by Gasteiger charge is 2.66. The second kappa shape index (κ2) is 14.0. The van der Waals surface area contributed by atoms with Gasteiger partial charge in [0.15, 0.2) is 6.17 Å². The Morgan fingerprint density at radius 1 is 0.769 bits per heavy atom. The first kappa shape index (κ1) is 28.2. The van der Waals surface area contributed by atoms with Gasteiger partial charge in [0.1, 0.15) is 0 Å². The van der Waals surface area contributed by atoms with Gasteiger partial charge in [0.2, 0.25) is 0 Å². The molecule has 160 valence electrons. The molecule has 0 aliphatic carbocycles. The molecule has 6 nitrogen and oxygen atoms in total. The lowest BCUT2D eigenvalue weighted by molar-refractivity contribution is -0.0729. The molecule has 0 saturated carbocycles. The monoisotopic (exact) mass is 424 g/mol. The molecule has 11 heteroatoms. The highest BCUT2D eigenvalue weighted by Crippen LogP contribution is 2.33. The summed E-state index contributed by atoms with van der Waals surface area (Å²) in [4.78, 5) is 0. The summed E-state index contributed by atoms with van der Waals surface area (Å²) in [6, 6.07) is 0.927. The van der Waals surface area contributed by atoms with Gasteiger partial charge < -0.3 is 26.6 Å². The van der Waals surface area contributed by atoms with Crippen molar-refractivity contribution in [3.63, 3.8) is 0 Å². The molecule has 26 heavy (non-hydrogen) atoms. The molecule has 0 aromatic rings. The van der Waals surface area contributed by atoms with Crippen LogP contribution in [0, 0.1) is 0 Å². The van der Waals surface area contributed by atoms with Gasteiger partial charge >= 0.3 is 23.2 Å². The SMILES string of the molecule is CCCCCC[Si](OC)(OC)OC.CO[Si](OC)(OC)C(F)(F)C(C)F. The fourth-order valence-corrected chi connectivity index (χ4v) is 5.83. The van der Waals surface area contributed by atoms with E-state index in [1.165, 1.54) is 19.3 Å². The molecule has 0 saturated heterocycles. The molecular formula is C15H35F3O6Si2. The lowest BCUT2D eigenvalue weighted by Gasteiger charge is -2.32. The summed E-state index contributed by atoms with van der Waals surface area (Å²) in [5.41, 5.74) is -3.73. The Labute approximate surface area is 158 Å². The Morgan fingerprint density at radius 2 is 1.19 bits per heavy atom. The van der Waals surface area contributed by atoms with E-state index in [-0.39, 0.29) is 0 Å². The van der Waals surface area contributed by atoms with Gasteiger partial charge in [0.25, 0.3) is 0 Å². The standard InChI is InChI=1S/C9H22O3Si.C6H13F3O3Si/c1-5-6-7-8-9-13(10-2,11-3)12-4;1-5(7)6(8,9)13(10-2,11-3)12-4/h5-9H2,1-4H3;5H,1-4H3. The zero-order chi connectivity index (χ0) is 20.9. The normalized spacial score (nSPS) is 14.0. The van der Waals surface area contributed by atoms with Gasteiger partial charge in [0, 0.05) is 48.7 Å². The maximum Gasteiger partial charge on any atom is 0.577 e. The van der Waals surface area contributed by atoms with Crippen molar-refractivity contribution in [1.29, 1.82) is 0 Å². The van der Waals surface area contributed by atoms with E-state index >= 15 is 0 Å². The minimum Gasteiger partial charge on any atom is -0.377 e. The van der Waals surface area contributed by atoms with Gasteiger partial charge in [-0.05, 0) is 13.3 Å². The average molecular weight is 425 g/mol. The molecule has 0 spiro atoms. The molecule has 0 aliphatic heterocycles. The van der Waals surface area contributed by atoms with Gasteiger partial charge in [-0.25, -0.2) is 4.39 Å². The summed E-state index contributed by atoms with van der Waals surface area (Å²) >= 11 is 0. The predicted molar refractivity (Wildman–Crippen MR) is 98.0 cm³/mol. The maximum atomic E-state index is 13.2. The first-order valence-corrected chi connectivity index (χ1v) is 12.1. The third kappa shape index (κ3) is 7.92. The van der Waals surface area contributed by atoms with Gasteiger partial charge in [-0.1, -0.05) is 26.2 Å². The van der Waals surface area contributed by atoms with Crippen LogP contribution in [0.3, 0.4) is 0 Å². The number of hydrogen-bond donors (Lipinski definition) is 0. The zero-order valence-corrected chi connectivity index (χ0v) is 19.2. The lowest BCUT2D eigenvalue weighted by Crippen LogP contribution is -2.62. The van der Waals surface area contributed by atoms with E-state index in [4.69, 9.17) is 13.3 Å². The smallest absolute Gasteiger partial charge is 0.377 e. The molecular weight excluding hydrogens is 389 g/mol. The van der Waals surface area contributed by atoms with Crippen LogP contribution in [-0.4, -0.2) is 72.0 Å². The van der Waals surface area contributed by atoms with Crippen LogP contribution in [0.4, 0.5) is 13.2 Å². The molecule has 0 radical (unpaired) electrons. The number of rotatable bonds is 13. The largest absolute Gasteiger partial charge is 0.577 e. The number of unbranched alkanes of at least 4 members (excludes halogenated alkanes) is 3. The van der Waals surface area contributed by atoms with E-state index in [0.29, 0.717) is 0 Å². The van der Waals surface area contributed by atoms with E-state index in [1.54, 1.807) is 21.3 Å². The average Bonchev–Trinajstić information content (AvgIpc) is 2.64. The van der Waals surface area contributed by atoms with Crippen molar-refractivity contribution in [2.45, 2.75) is 57.3 Å². The summed E-state index contributed by atoms with van der Waals surface area (Å²) in [7, 11) is 1.54. The fraction of sp³-hybridized carbons (Fsp3) is 1.00. The van der Waals surface area contributed by atoms with Crippen molar-refractivity contribution in [2.24, 2.45) is 0 Å². The number of hydrogen-bond acceptors (Lipinski definition) is 6. The van der Waals surface area contributed by atoms with Crippen molar-refractivity contribution in [1.82, 2.24) is 0 Å². The summed E-state index contributed by atoms with van der Waals surface area (Å²) in [6.45, 7) is 2.94. The second-order valence-electron chi connectivity index (χ2n) is 5.51. The van der Waals surface area contributed by atoms with E-state index in [9.17, 15) is 13.2 Å². The Bertz CT molecular complexity index is 327. The second-order valence-corrected chi connectivity index (χ2v) is 11.6. The fourth-order valence-electron chi connectivity index (χ4n) is 2.23. The van der Waals surface area contributed by atoms with Crippen molar-refractivity contribution in [2.75, 3.05) is 42.7 Å². The summed E-state index contributed by atoms with van der Waals surface area (Å²) in [5, 5.41) is 0. The third-order valence-corrected chi connectivity index (χ3v) is 9.64. The van der Waals surface area contributed by atoms with Crippen LogP contribution in [0.2, 0.25) is 6.04 Å². The predicted octanol–water partition coefficient (Wildman–Crippen LogP) is 3.84. The first-order valence-electron chi connectivity index (χ1n) is 8.45. The molecule has 0 aromatic heterocycles. The molecule has 1 atom stereocenters. The summed E-state index contributed by atoms with van der Waals surface area (Å²) < 4.78 is 68.3. The molecule has 0 N–H and O–H groups in total. The Balaban J connectivity index is 0. The summed E-state index contributed by atoms with van der Waals surface area (Å²) in [5.74, 6) is 0. The minimum absolute atomic E-state index is 0.735. The van der Waals surface area contributed by atoms with Crippen LogP contribution in [0.25, 0.3) is 0 Å². The molecule has 0 bridgehead atoms. The Hall–Kier alpha value is -0.0162. The molecule has 0 aliphatic rings. The third-order valence-electron chi connectivity index (χ3n) is 3.98. The number of halogens is 3. The Morgan fingerprint density at radius 3 is 1.42 bits per heavy atom. The lowest BCUT2D eigenvalue weighted by atomic mass is 10.2. The van der Waals surface area contributed by atoms with Gasteiger partial charge in [-0.2, -0.15) is 8.78 Å². The van der Waals surface area contributed by atoms with Crippen LogP contribution in [0.1, 0.15) is 39.5 Å². The van der Waals surface area contributed by atoms with Gasteiger partial charge in [0.05, 0.1) is 0 Å². The van der Waals surface area contributed by atoms with Gasteiger partial charge in [-0.3, -0.25) is 0 Å². The van der Waals surface area contributed by atoms with Crippen LogP contribution in [-0.2, 0) is 26.6 Å². The van der Waals surface area contributed by atoms with E-state index in [2.05, 4.69) is 20.2 Å². The highest BCUT2D eigenvalue weighted by atomic mass is 28.4. The van der Waals surface area contributed by atoms with Crippen LogP contribution in [0.5, 0.6) is 0 Å². The van der Waals surface area contributed by atoms with Crippen molar-refractivity contribution in [3.8, 4) is 0 Å². The first-order chi connectivity index (χ1) is 12.1.